The number of amides is 4. The molecule has 172 valence electrons. The molecule has 2 aromatic carbocycles. The molecule has 0 aliphatic carbocycles. The highest BCUT2D eigenvalue weighted by molar-refractivity contribution is 5.90. The SMILES string of the molecule is COc1ccc(C[C@@H](NC(C)=O)C(=O)N2CCN(C(=O)Nc3ccc(C#N)cc3)CC2)cc1. The van der Waals surface area contributed by atoms with E-state index < -0.39 is 6.04 Å². The second kappa shape index (κ2) is 11.0. The van der Waals surface area contributed by atoms with Gasteiger partial charge in [-0.2, -0.15) is 5.26 Å². The van der Waals surface area contributed by atoms with E-state index in [1.807, 2.05) is 30.3 Å². The van der Waals surface area contributed by atoms with Crippen molar-refractivity contribution in [1.29, 1.82) is 5.26 Å². The average molecular weight is 450 g/mol. The van der Waals surface area contributed by atoms with Crippen LogP contribution < -0.4 is 15.4 Å². The number of hydrogen-bond donors (Lipinski definition) is 2. The number of nitrogens with zero attached hydrogens (tertiary/aromatic N) is 3. The van der Waals surface area contributed by atoms with E-state index in [1.54, 1.807) is 41.2 Å². The highest BCUT2D eigenvalue weighted by atomic mass is 16.5. The third-order valence-corrected chi connectivity index (χ3v) is 5.42. The predicted octanol–water partition coefficient (Wildman–Crippen LogP) is 1.99. The Morgan fingerprint density at radius 2 is 1.61 bits per heavy atom. The molecule has 1 aliphatic rings. The monoisotopic (exact) mass is 449 g/mol. The predicted molar refractivity (Wildman–Crippen MR) is 123 cm³/mol. The Balaban J connectivity index is 1.57. The molecule has 1 fully saturated rings. The Hall–Kier alpha value is -4.06. The number of rotatable bonds is 6. The highest BCUT2D eigenvalue weighted by Gasteiger charge is 2.29. The minimum Gasteiger partial charge on any atom is -0.497 e. The molecule has 0 aromatic heterocycles. The molecule has 9 nitrogen and oxygen atoms in total. The van der Waals surface area contributed by atoms with Gasteiger partial charge in [-0.05, 0) is 42.0 Å². The lowest BCUT2D eigenvalue weighted by Crippen LogP contribution is -2.56. The lowest BCUT2D eigenvalue weighted by Gasteiger charge is -2.36. The van der Waals surface area contributed by atoms with Crippen molar-refractivity contribution in [2.75, 3.05) is 38.6 Å². The third-order valence-electron chi connectivity index (χ3n) is 5.42. The Bertz CT molecular complexity index is 1020. The van der Waals surface area contributed by atoms with Crippen molar-refractivity contribution in [2.24, 2.45) is 0 Å². The van der Waals surface area contributed by atoms with Crippen LogP contribution in [-0.2, 0) is 16.0 Å². The summed E-state index contributed by atoms with van der Waals surface area (Å²) in [5.41, 5.74) is 2.02. The second-order valence-electron chi connectivity index (χ2n) is 7.74. The zero-order valence-electron chi connectivity index (χ0n) is 18.7. The van der Waals surface area contributed by atoms with Crippen molar-refractivity contribution in [1.82, 2.24) is 15.1 Å². The topological polar surface area (TPSA) is 115 Å². The van der Waals surface area contributed by atoms with Gasteiger partial charge in [-0.1, -0.05) is 12.1 Å². The van der Waals surface area contributed by atoms with Gasteiger partial charge in [0.15, 0.2) is 0 Å². The highest BCUT2D eigenvalue weighted by Crippen LogP contribution is 2.15. The summed E-state index contributed by atoms with van der Waals surface area (Å²) in [6, 6.07) is 15.1. The van der Waals surface area contributed by atoms with Gasteiger partial charge in [0.05, 0.1) is 18.7 Å². The lowest BCUT2D eigenvalue weighted by molar-refractivity contribution is -0.137. The van der Waals surface area contributed by atoms with E-state index in [9.17, 15) is 14.4 Å². The molecule has 1 atom stereocenters. The Kier molecular flexibility index (Phi) is 7.86. The summed E-state index contributed by atoms with van der Waals surface area (Å²) >= 11 is 0. The fourth-order valence-electron chi connectivity index (χ4n) is 3.62. The molecule has 2 N–H and O–H groups in total. The summed E-state index contributed by atoms with van der Waals surface area (Å²) in [5, 5.41) is 14.4. The number of benzene rings is 2. The number of urea groups is 1. The molecule has 0 spiro atoms. The van der Waals surface area contributed by atoms with Crippen molar-refractivity contribution in [3.05, 3.63) is 59.7 Å². The minimum atomic E-state index is -0.685. The smallest absolute Gasteiger partial charge is 0.321 e. The van der Waals surface area contributed by atoms with Crippen molar-refractivity contribution in [3.8, 4) is 11.8 Å². The van der Waals surface area contributed by atoms with Gasteiger partial charge in [0.2, 0.25) is 11.8 Å². The zero-order chi connectivity index (χ0) is 23.8. The Labute approximate surface area is 192 Å². The van der Waals surface area contributed by atoms with E-state index in [1.165, 1.54) is 6.92 Å². The molecule has 33 heavy (non-hydrogen) atoms. The largest absolute Gasteiger partial charge is 0.497 e. The number of carbonyl (C=O) groups excluding carboxylic acids is 3. The third kappa shape index (κ3) is 6.46. The van der Waals surface area contributed by atoms with Gasteiger partial charge in [-0.15, -0.1) is 0 Å². The second-order valence-corrected chi connectivity index (χ2v) is 7.74. The first-order valence-electron chi connectivity index (χ1n) is 10.6. The van der Waals surface area contributed by atoms with Crippen LogP contribution in [0.2, 0.25) is 0 Å². The molecule has 9 heteroatoms. The fraction of sp³-hybridized carbons (Fsp3) is 0.333. The normalized spacial score (nSPS) is 14.1. The van der Waals surface area contributed by atoms with Crippen LogP contribution in [0.1, 0.15) is 18.1 Å². The molecular weight excluding hydrogens is 422 g/mol. The van der Waals surface area contributed by atoms with Crippen LogP contribution in [0.4, 0.5) is 10.5 Å². The average Bonchev–Trinajstić information content (AvgIpc) is 2.84. The first-order chi connectivity index (χ1) is 15.9. The molecule has 1 heterocycles. The number of anilines is 1. The maximum Gasteiger partial charge on any atom is 0.321 e. The van der Waals surface area contributed by atoms with Crippen LogP contribution in [-0.4, -0.2) is 67.0 Å². The molecule has 0 radical (unpaired) electrons. The van der Waals surface area contributed by atoms with Crippen molar-refractivity contribution < 1.29 is 19.1 Å². The molecule has 1 aliphatic heterocycles. The Morgan fingerprint density at radius 1 is 1.00 bits per heavy atom. The van der Waals surface area contributed by atoms with Crippen LogP contribution in [0.3, 0.4) is 0 Å². The summed E-state index contributed by atoms with van der Waals surface area (Å²) < 4.78 is 5.16. The summed E-state index contributed by atoms with van der Waals surface area (Å²) in [5.74, 6) is 0.270. The number of ether oxygens (including phenoxy) is 1. The zero-order valence-corrected chi connectivity index (χ0v) is 18.7. The van der Waals surface area contributed by atoms with Gasteiger partial charge in [0.25, 0.3) is 0 Å². The van der Waals surface area contributed by atoms with Gasteiger partial charge in [-0.3, -0.25) is 9.59 Å². The van der Waals surface area contributed by atoms with Crippen molar-refractivity contribution in [3.63, 3.8) is 0 Å². The molecule has 3 rings (SSSR count). The number of piperazine rings is 1. The van der Waals surface area contributed by atoms with Gasteiger partial charge < -0.3 is 25.2 Å². The van der Waals surface area contributed by atoms with Gasteiger partial charge >= 0.3 is 6.03 Å². The van der Waals surface area contributed by atoms with Crippen LogP contribution in [0, 0.1) is 11.3 Å². The van der Waals surface area contributed by atoms with E-state index in [0.717, 1.165) is 11.3 Å². The molecule has 4 amide bonds. The van der Waals surface area contributed by atoms with Gasteiger partial charge in [-0.25, -0.2) is 4.79 Å². The molecule has 1 saturated heterocycles. The number of methoxy groups -OCH3 is 1. The van der Waals surface area contributed by atoms with Crippen LogP contribution in [0.15, 0.2) is 48.5 Å². The summed E-state index contributed by atoms with van der Waals surface area (Å²) in [6.45, 7) is 2.89. The van der Waals surface area contributed by atoms with Crippen LogP contribution in [0.25, 0.3) is 0 Å². The summed E-state index contributed by atoms with van der Waals surface area (Å²) in [4.78, 5) is 40.7. The fourth-order valence-corrected chi connectivity index (χ4v) is 3.62. The standard InChI is InChI=1S/C24H27N5O4/c1-17(30)26-22(15-18-5-9-21(33-2)10-6-18)23(31)28-11-13-29(14-12-28)24(32)27-20-7-3-19(16-25)4-8-20/h3-10,22H,11-15H2,1-2H3,(H,26,30)(H,27,32)/t22-/m1/s1. The van der Waals surface area contributed by atoms with Crippen LogP contribution in [0.5, 0.6) is 5.75 Å². The van der Waals surface area contributed by atoms with E-state index in [0.29, 0.717) is 43.9 Å². The van der Waals surface area contributed by atoms with Crippen molar-refractivity contribution in [2.45, 2.75) is 19.4 Å². The van der Waals surface area contributed by atoms with E-state index in [4.69, 9.17) is 10.00 Å². The van der Waals surface area contributed by atoms with Gasteiger partial charge in [0, 0.05) is 45.2 Å². The van der Waals surface area contributed by atoms with E-state index >= 15 is 0 Å². The number of nitriles is 1. The summed E-state index contributed by atoms with van der Waals surface area (Å²) in [6.07, 6.45) is 0.363. The quantitative estimate of drug-likeness (QED) is 0.700. The first kappa shape index (κ1) is 23.6. The molecule has 0 saturated carbocycles. The molecule has 2 aromatic rings. The minimum absolute atomic E-state index is 0.173. The first-order valence-corrected chi connectivity index (χ1v) is 10.6. The lowest BCUT2D eigenvalue weighted by atomic mass is 10.0. The number of hydrogen-bond acceptors (Lipinski definition) is 5. The van der Waals surface area contributed by atoms with Gasteiger partial charge in [0.1, 0.15) is 11.8 Å². The number of nitrogens with one attached hydrogen (secondary N) is 2. The maximum absolute atomic E-state index is 13.1. The Morgan fingerprint density at radius 3 is 2.15 bits per heavy atom. The van der Waals surface area contributed by atoms with Crippen molar-refractivity contribution >= 4 is 23.5 Å². The van der Waals surface area contributed by atoms with E-state index in [2.05, 4.69) is 10.6 Å². The van der Waals surface area contributed by atoms with Crippen LogP contribution >= 0.6 is 0 Å². The van der Waals surface area contributed by atoms with E-state index in [-0.39, 0.29) is 17.8 Å². The molecular formula is C24H27N5O4. The summed E-state index contributed by atoms with van der Waals surface area (Å²) in [7, 11) is 1.59. The number of carbonyl (C=O) groups is 3. The maximum atomic E-state index is 13.1. The molecule has 0 bridgehead atoms. The molecule has 0 unspecified atom stereocenters.